The average molecular weight is 294 g/mol. The third-order valence-corrected chi connectivity index (χ3v) is 3.70. The topological polar surface area (TPSA) is 79.8 Å². The molecule has 2 atom stereocenters. The predicted octanol–water partition coefficient (Wildman–Crippen LogP) is 1.67. The largest absolute Gasteiger partial charge is 0.389 e. The summed E-state index contributed by atoms with van der Waals surface area (Å²) in [6.45, 7) is 3.21. The Labute approximate surface area is 124 Å². The summed E-state index contributed by atoms with van der Waals surface area (Å²) >= 11 is 0. The zero-order chi connectivity index (χ0) is 15.3. The Balaban J connectivity index is 1.88. The number of carbonyl (C=O) groups excluding carboxylic acids is 1. The summed E-state index contributed by atoms with van der Waals surface area (Å²) in [4.78, 5) is 11.9. The molecule has 116 valence electrons. The summed E-state index contributed by atoms with van der Waals surface area (Å²) in [6, 6.07) is 6.81. The molecule has 0 spiro atoms. The quantitative estimate of drug-likeness (QED) is 0.771. The minimum absolute atomic E-state index is 0.305. The number of hydrogen-bond acceptors (Lipinski definition) is 4. The highest BCUT2D eigenvalue weighted by Crippen LogP contribution is 2.21. The fraction of sp³-hybridized carbons (Fsp3) is 0.533. The molecule has 2 unspecified atom stereocenters. The van der Waals surface area contributed by atoms with Crippen molar-refractivity contribution in [2.24, 2.45) is 0 Å². The summed E-state index contributed by atoms with van der Waals surface area (Å²) in [5.41, 5.74) is 0.962. The Morgan fingerprint density at radius 3 is 3.00 bits per heavy atom. The van der Waals surface area contributed by atoms with Crippen molar-refractivity contribution in [2.75, 3.05) is 32.2 Å². The number of aliphatic hydroxyl groups excluding tert-OH is 1. The number of urea groups is 1. The fourth-order valence-corrected chi connectivity index (χ4v) is 2.25. The normalized spacial score (nSPS) is 22.8. The lowest BCUT2D eigenvalue weighted by Crippen LogP contribution is -2.46. The van der Waals surface area contributed by atoms with Crippen LogP contribution in [0.4, 0.5) is 10.5 Å². The number of anilines is 1. The number of carbonyl (C=O) groups is 1. The third-order valence-electron chi connectivity index (χ3n) is 3.70. The number of ether oxygens (including phenoxy) is 2. The van der Waals surface area contributed by atoms with Crippen LogP contribution in [0, 0.1) is 0 Å². The minimum atomic E-state index is -0.567. The molecule has 1 aromatic rings. The van der Waals surface area contributed by atoms with Gasteiger partial charge in [0.05, 0.1) is 19.3 Å². The standard InChI is InChI=1S/C15H22N2O4/c1-11(18)12-4-3-5-13(8-12)17-14(19)16-9-15(20-2)6-7-21-10-15/h3-5,8,11,18H,6-7,9-10H2,1-2H3,(H2,16,17,19). The number of benzene rings is 1. The first-order valence-electron chi connectivity index (χ1n) is 7.00. The minimum Gasteiger partial charge on any atom is -0.389 e. The number of methoxy groups -OCH3 is 1. The molecule has 1 aromatic carbocycles. The number of amides is 2. The van der Waals surface area contributed by atoms with Gasteiger partial charge in [-0.15, -0.1) is 0 Å². The van der Waals surface area contributed by atoms with E-state index in [1.165, 1.54) is 0 Å². The maximum atomic E-state index is 11.9. The molecular weight excluding hydrogens is 272 g/mol. The number of rotatable bonds is 5. The zero-order valence-corrected chi connectivity index (χ0v) is 12.4. The van der Waals surface area contributed by atoms with Gasteiger partial charge in [-0.3, -0.25) is 0 Å². The molecule has 1 heterocycles. The Kier molecular flexibility index (Phi) is 5.17. The summed E-state index contributed by atoms with van der Waals surface area (Å²) < 4.78 is 10.8. The number of nitrogens with one attached hydrogen (secondary N) is 2. The highest BCUT2D eigenvalue weighted by atomic mass is 16.5. The van der Waals surface area contributed by atoms with Crippen molar-refractivity contribution in [3.63, 3.8) is 0 Å². The summed E-state index contributed by atoms with van der Waals surface area (Å²) in [7, 11) is 1.63. The smallest absolute Gasteiger partial charge is 0.319 e. The molecule has 6 nitrogen and oxygen atoms in total. The number of hydrogen-bond donors (Lipinski definition) is 3. The molecule has 2 rings (SSSR count). The Morgan fingerprint density at radius 1 is 1.57 bits per heavy atom. The van der Waals surface area contributed by atoms with Gasteiger partial charge >= 0.3 is 6.03 Å². The molecule has 1 aliphatic heterocycles. The van der Waals surface area contributed by atoms with Gasteiger partial charge in [0.15, 0.2) is 0 Å². The van der Waals surface area contributed by atoms with Crippen LogP contribution >= 0.6 is 0 Å². The lowest BCUT2D eigenvalue weighted by atomic mass is 10.0. The molecule has 6 heteroatoms. The van der Waals surface area contributed by atoms with Gasteiger partial charge in [0.2, 0.25) is 0 Å². The monoisotopic (exact) mass is 294 g/mol. The van der Waals surface area contributed by atoms with Crippen LogP contribution in [0.1, 0.15) is 25.0 Å². The Morgan fingerprint density at radius 2 is 2.38 bits per heavy atom. The molecule has 0 saturated carbocycles. The average Bonchev–Trinajstić information content (AvgIpc) is 2.95. The van der Waals surface area contributed by atoms with E-state index in [4.69, 9.17) is 9.47 Å². The van der Waals surface area contributed by atoms with Gasteiger partial charge in [-0.05, 0) is 24.6 Å². The van der Waals surface area contributed by atoms with Crippen molar-refractivity contribution in [1.82, 2.24) is 5.32 Å². The maximum Gasteiger partial charge on any atom is 0.319 e. The molecule has 3 N–H and O–H groups in total. The molecule has 21 heavy (non-hydrogen) atoms. The van der Waals surface area contributed by atoms with Crippen LogP contribution in [0.5, 0.6) is 0 Å². The second-order valence-electron chi connectivity index (χ2n) is 5.30. The summed E-state index contributed by atoms with van der Waals surface area (Å²) in [6.07, 6.45) is 0.198. The molecule has 1 saturated heterocycles. The highest BCUT2D eigenvalue weighted by molar-refractivity contribution is 5.89. The van der Waals surface area contributed by atoms with Crippen LogP contribution in [-0.2, 0) is 9.47 Å². The van der Waals surface area contributed by atoms with Gasteiger partial charge in [0.1, 0.15) is 5.60 Å². The second-order valence-corrected chi connectivity index (χ2v) is 5.30. The van der Waals surface area contributed by atoms with Crippen molar-refractivity contribution in [1.29, 1.82) is 0 Å². The zero-order valence-electron chi connectivity index (χ0n) is 12.4. The Hall–Kier alpha value is -1.63. The fourth-order valence-electron chi connectivity index (χ4n) is 2.25. The van der Waals surface area contributed by atoms with E-state index in [0.717, 1.165) is 12.0 Å². The third kappa shape index (κ3) is 4.17. The van der Waals surface area contributed by atoms with Crippen molar-refractivity contribution < 1.29 is 19.4 Å². The van der Waals surface area contributed by atoms with Crippen LogP contribution in [0.3, 0.4) is 0 Å². The molecule has 1 aliphatic rings. The summed E-state index contributed by atoms with van der Waals surface area (Å²) in [5, 5.41) is 15.1. The lowest BCUT2D eigenvalue weighted by molar-refractivity contribution is -0.0135. The molecule has 1 fully saturated rings. The van der Waals surface area contributed by atoms with Gasteiger partial charge in [0.25, 0.3) is 0 Å². The van der Waals surface area contributed by atoms with Gasteiger partial charge in [-0.25, -0.2) is 4.79 Å². The van der Waals surface area contributed by atoms with Crippen LogP contribution in [-0.4, -0.2) is 43.6 Å². The lowest BCUT2D eigenvalue weighted by Gasteiger charge is -2.25. The van der Waals surface area contributed by atoms with Crippen molar-refractivity contribution in [3.05, 3.63) is 29.8 Å². The van der Waals surface area contributed by atoms with Gasteiger partial charge in [0, 0.05) is 25.8 Å². The van der Waals surface area contributed by atoms with E-state index >= 15 is 0 Å². The van der Waals surface area contributed by atoms with E-state index in [9.17, 15) is 9.90 Å². The second kappa shape index (κ2) is 6.89. The van der Waals surface area contributed by atoms with E-state index < -0.39 is 11.7 Å². The van der Waals surface area contributed by atoms with Gasteiger partial charge in [-0.1, -0.05) is 12.1 Å². The van der Waals surface area contributed by atoms with E-state index in [0.29, 0.717) is 25.4 Å². The van der Waals surface area contributed by atoms with E-state index in [2.05, 4.69) is 10.6 Å². The molecule has 2 amide bonds. The van der Waals surface area contributed by atoms with Crippen molar-refractivity contribution in [3.8, 4) is 0 Å². The molecule has 0 aliphatic carbocycles. The first-order chi connectivity index (χ1) is 10.0. The maximum absolute atomic E-state index is 11.9. The number of aliphatic hydroxyl groups is 1. The van der Waals surface area contributed by atoms with Crippen LogP contribution in [0.15, 0.2) is 24.3 Å². The molecular formula is C15H22N2O4. The predicted molar refractivity (Wildman–Crippen MR) is 79.3 cm³/mol. The Bertz CT molecular complexity index is 484. The van der Waals surface area contributed by atoms with Crippen LogP contribution in [0.2, 0.25) is 0 Å². The molecule has 0 radical (unpaired) electrons. The van der Waals surface area contributed by atoms with E-state index in [1.54, 1.807) is 32.2 Å². The van der Waals surface area contributed by atoms with E-state index in [1.807, 2.05) is 6.07 Å². The SMILES string of the molecule is COC1(CNC(=O)Nc2cccc(C(C)O)c2)CCOC1. The van der Waals surface area contributed by atoms with E-state index in [-0.39, 0.29) is 6.03 Å². The van der Waals surface area contributed by atoms with Gasteiger partial charge in [-0.2, -0.15) is 0 Å². The van der Waals surface area contributed by atoms with Crippen molar-refractivity contribution >= 4 is 11.7 Å². The summed E-state index contributed by atoms with van der Waals surface area (Å²) in [5.74, 6) is 0. The first kappa shape index (κ1) is 15.8. The van der Waals surface area contributed by atoms with Crippen molar-refractivity contribution in [2.45, 2.75) is 25.0 Å². The van der Waals surface area contributed by atoms with Gasteiger partial charge < -0.3 is 25.2 Å². The first-order valence-corrected chi connectivity index (χ1v) is 7.00. The molecule has 0 bridgehead atoms. The van der Waals surface area contributed by atoms with Crippen LogP contribution in [0.25, 0.3) is 0 Å². The molecule has 0 aromatic heterocycles. The highest BCUT2D eigenvalue weighted by Gasteiger charge is 2.35. The van der Waals surface area contributed by atoms with Crippen LogP contribution < -0.4 is 10.6 Å².